The molecule has 1 aliphatic heterocycles. The Morgan fingerprint density at radius 3 is 2.43 bits per heavy atom. The van der Waals surface area contributed by atoms with Crippen LogP contribution in [0.25, 0.3) is 0 Å². The van der Waals surface area contributed by atoms with Crippen molar-refractivity contribution < 1.29 is 14.4 Å². The summed E-state index contributed by atoms with van der Waals surface area (Å²) in [5.74, 6) is -0.385. The monoisotopic (exact) mass is 290 g/mol. The maximum atomic E-state index is 11.8. The van der Waals surface area contributed by atoms with Gasteiger partial charge in [0.1, 0.15) is 0 Å². The van der Waals surface area contributed by atoms with Gasteiger partial charge in [-0.2, -0.15) is 0 Å². The summed E-state index contributed by atoms with van der Waals surface area (Å²) in [7, 11) is 1.49. The molecule has 7 heteroatoms. The molecule has 112 valence electrons. The molecule has 4 N–H and O–H groups in total. The van der Waals surface area contributed by atoms with E-state index in [0.29, 0.717) is 5.69 Å². The van der Waals surface area contributed by atoms with Gasteiger partial charge in [0.25, 0.3) is 0 Å². The molecule has 7 nitrogen and oxygen atoms in total. The third-order valence-corrected chi connectivity index (χ3v) is 3.51. The van der Waals surface area contributed by atoms with Crippen LogP contribution < -0.4 is 16.4 Å². The van der Waals surface area contributed by atoms with Crippen LogP contribution in [0.3, 0.4) is 0 Å². The Morgan fingerprint density at radius 2 is 1.95 bits per heavy atom. The van der Waals surface area contributed by atoms with Gasteiger partial charge < -0.3 is 11.1 Å². The third kappa shape index (κ3) is 3.38. The fourth-order valence-corrected chi connectivity index (χ4v) is 2.28. The van der Waals surface area contributed by atoms with Gasteiger partial charge in [-0.3, -0.25) is 19.8 Å². The van der Waals surface area contributed by atoms with Crippen molar-refractivity contribution in [3.05, 3.63) is 29.8 Å². The summed E-state index contributed by atoms with van der Waals surface area (Å²) in [5.41, 5.74) is 6.58. The first kappa shape index (κ1) is 15.0. The number of likely N-dealkylation sites (N-methyl/N-ethyl adjacent to an activating group) is 1. The van der Waals surface area contributed by atoms with E-state index in [9.17, 15) is 14.4 Å². The van der Waals surface area contributed by atoms with E-state index in [1.54, 1.807) is 12.1 Å². The number of nitrogens with zero attached hydrogens (tertiary/aromatic N) is 1. The molecule has 2 atom stereocenters. The number of benzene rings is 1. The van der Waals surface area contributed by atoms with Crippen molar-refractivity contribution in [3.63, 3.8) is 0 Å². The predicted octanol–water partition coefficient (Wildman–Crippen LogP) is 0.585. The SMILES string of the molecule is CC(NC1CC(=O)N(C)C1=O)c1ccc(NC(N)=O)cc1. The first-order chi connectivity index (χ1) is 9.88. The van der Waals surface area contributed by atoms with Crippen molar-refractivity contribution in [1.82, 2.24) is 10.2 Å². The fourth-order valence-electron chi connectivity index (χ4n) is 2.28. The number of nitrogens with two attached hydrogens (primary N) is 1. The van der Waals surface area contributed by atoms with E-state index in [1.165, 1.54) is 7.05 Å². The van der Waals surface area contributed by atoms with E-state index in [4.69, 9.17) is 5.73 Å². The topological polar surface area (TPSA) is 105 Å². The van der Waals surface area contributed by atoms with Gasteiger partial charge in [0, 0.05) is 18.8 Å². The molecule has 4 amide bonds. The number of hydrogen-bond acceptors (Lipinski definition) is 4. The number of likely N-dealkylation sites (tertiary alicyclic amines) is 1. The average molecular weight is 290 g/mol. The summed E-state index contributed by atoms with van der Waals surface area (Å²) >= 11 is 0. The number of carbonyl (C=O) groups excluding carboxylic acids is 3. The third-order valence-electron chi connectivity index (χ3n) is 3.51. The molecule has 1 fully saturated rings. The lowest BCUT2D eigenvalue weighted by Gasteiger charge is -2.18. The minimum atomic E-state index is -0.618. The number of amides is 4. The smallest absolute Gasteiger partial charge is 0.316 e. The number of rotatable bonds is 4. The van der Waals surface area contributed by atoms with Gasteiger partial charge in [-0.25, -0.2) is 4.79 Å². The van der Waals surface area contributed by atoms with Crippen LogP contribution in [-0.4, -0.2) is 35.8 Å². The molecule has 2 unspecified atom stereocenters. The Bertz CT molecular complexity index is 570. The summed E-state index contributed by atoms with van der Waals surface area (Å²) in [6.45, 7) is 1.91. The molecule has 1 aliphatic rings. The van der Waals surface area contributed by atoms with Crippen molar-refractivity contribution in [3.8, 4) is 0 Å². The van der Waals surface area contributed by atoms with Crippen LogP contribution in [0.5, 0.6) is 0 Å². The van der Waals surface area contributed by atoms with E-state index < -0.39 is 12.1 Å². The Hall–Kier alpha value is -2.41. The molecule has 1 aromatic carbocycles. The maximum absolute atomic E-state index is 11.8. The summed E-state index contributed by atoms with van der Waals surface area (Å²) in [6.07, 6.45) is 0.182. The predicted molar refractivity (Wildman–Crippen MR) is 77.4 cm³/mol. The lowest BCUT2D eigenvalue weighted by molar-refractivity contribution is -0.137. The molecule has 1 heterocycles. The molecule has 0 radical (unpaired) electrons. The highest BCUT2D eigenvalue weighted by Crippen LogP contribution is 2.19. The Kier molecular flexibility index (Phi) is 4.23. The first-order valence-electron chi connectivity index (χ1n) is 6.61. The first-order valence-corrected chi connectivity index (χ1v) is 6.61. The lowest BCUT2D eigenvalue weighted by atomic mass is 10.1. The van der Waals surface area contributed by atoms with Gasteiger partial charge in [0.05, 0.1) is 12.5 Å². The quantitative estimate of drug-likeness (QED) is 0.706. The van der Waals surface area contributed by atoms with Gasteiger partial charge in [0.2, 0.25) is 11.8 Å². The Morgan fingerprint density at radius 1 is 1.33 bits per heavy atom. The molecule has 0 bridgehead atoms. The number of imide groups is 1. The van der Waals surface area contributed by atoms with Crippen LogP contribution in [0, 0.1) is 0 Å². The van der Waals surface area contributed by atoms with E-state index >= 15 is 0 Å². The van der Waals surface area contributed by atoms with Gasteiger partial charge in [-0.05, 0) is 24.6 Å². The van der Waals surface area contributed by atoms with Crippen LogP contribution in [-0.2, 0) is 9.59 Å². The van der Waals surface area contributed by atoms with Crippen molar-refractivity contribution in [2.24, 2.45) is 5.73 Å². The van der Waals surface area contributed by atoms with Gasteiger partial charge in [-0.1, -0.05) is 12.1 Å². The van der Waals surface area contributed by atoms with Gasteiger partial charge in [0.15, 0.2) is 0 Å². The number of carbonyl (C=O) groups is 3. The Balaban J connectivity index is 2.00. The van der Waals surface area contributed by atoms with Gasteiger partial charge >= 0.3 is 6.03 Å². The molecule has 1 saturated heterocycles. The highest BCUT2D eigenvalue weighted by atomic mass is 16.2. The molecular formula is C14H18N4O3. The maximum Gasteiger partial charge on any atom is 0.316 e. The zero-order valence-corrected chi connectivity index (χ0v) is 11.9. The zero-order chi connectivity index (χ0) is 15.6. The van der Waals surface area contributed by atoms with E-state index in [2.05, 4.69) is 10.6 Å². The minimum Gasteiger partial charge on any atom is -0.351 e. The van der Waals surface area contributed by atoms with Crippen LogP contribution in [0.2, 0.25) is 0 Å². The second-order valence-corrected chi connectivity index (χ2v) is 5.05. The second kappa shape index (κ2) is 5.92. The van der Waals surface area contributed by atoms with Crippen LogP contribution in [0.1, 0.15) is 24.9 Å². The summed E-state index contributed by atoms with van der Waals surface area (Å²) in [6, 6.07) is 5.91. The number of anilines is 1. The van der Waals surface area contributed by atoms with Crippen LogP contribution >= 0.6 is 0 Å². The fraction of sp³-hybridized carbons (Fsp3) is 0.357. The average Bonchev–Trinajstić information content (AvgIpc) is 2.66. The van der Waals surface area contributed by atoms with Crippen molar-refractivity contribution in [2.75, 3.05) is 12.4 Å². The lowest BCUT2D eigenvalue weighted by Crippen LogP contribution is -2.38. The van der Waals surface area contributed by atoms with E-state index in [-0.39, 0.29) is 24.3 Å². The molecule has 2 rings (SSSR count). The number of primary amides is 1. The minimum absolute atomic E-state index is 0.0964. The van der Waals surface area contributed by atoms with E-state index in [1.807, 2.05) is 19.1 Å². The molecule has 0 spiro atoms. The molecule has 1 aromatic rings. The van der Waals surface area contributed by atoms with Crippen LogP contribution in [0.15, 0.2) is 24.3 Å². The standard InChI is InChI=1S/C14H18N4O3/c1-8(16-11-7-12(19)18(2)13(11)20)9-3-5-10(6-4-9)17-14(15)21/h3-6,8,11,16H,7H2,1-2H3,(H3,15,17,21). The normalized spacial score (nSPS) is 19.7. The molecular weight excluding hydrogens is 272 g/mol. The van der Waals surface area contributed by atoms with Crippen molar-refractivity contribution >= 4 is 23.5 Å². The second-order valence-electron chi connectivity index (χ2n) is 5.05. The summed E-state index contributed by atoms with van der Waals surface area (Å²) < 4.78 is 0. The Labute approximate surface area is 122 Å². The molecule has 21 heavy (non-hydrogen) atoms. The molecule has 0 aromatic heterocycles. The summed E-state index contributed by atoms with van der Waals surface area (Å²) in [4.78, 5) is 35.2. The van der Waals surface area contributed by atoms with E-state index in [0.717, 1.165) is 10.5 Å². The molecule has 0 saturated carbocycles. The highest BCUT2D eigenvalue weighted by Gasteiger charge is 2.36. The number of urea groups is 1. The van der Waals surface area contributed by atoms with Gasteiger partial charge in [-0.15, -0.1) is 0 Å². The zero-order valence-electron chi connectivity index (χ0n) is 11.9. The largest absolute Gasteiger partial charge is 0.351 e. The number of hydrogen-bond donors (Lipinski definition) is 3. The summed E-state index contributed by atoms with van der Waals surface area (Å²) in [5, 5.41) is 5.62. The molecule has 0 aliphatic carbocycles. The van der Waals surface area contributed by atoms with Crippen molar-refractivity contribution in [2.45, 2.75) is 25.4 Å². The highest BCUT2D eigenvalue weighted by molar-refractivity contribution is 6.05. The van der Waals surface area contributed by atoms with Crippen LogP contribution in [0.4, 0.5) is 10.5 Å². The van der Waals surface area contributed by atoms with Crippen molar-refractivity contribution in [1.29, 1.82) is 0 Å². The number of nitrogens with one attached hydrogen (secondary N) is 2.